The molecule has 0 atom stereocenters. The van der Waals surface area contributed by atoms with Crippen LogP contribution < -0.4 is 5.32 Å². The number of benzene rings is 1. The summed E-state index contributed by atoms with van der Waals surface area (Å²) in [6, 6.07) is 10.7. The highest BCUT2D eigenvalue weighted by Crippen LogP contribution is 2.10. The zero-order chi connectivity index (χ0) is 12.1. The molecule has 2 aromatic rings. The standard InChI is InChI=1S/C15H20N2/c1-3-16-10-14-8-9-17(11-14)12-15-7-5-4-6-13(15)2/h4-9,11,16H,3,10,12H2,1-2H3. The van der Waals surface area contributed by atoms with Crippen molar-refractivity contribution in [2.24, 2.45) is 0 Å². The zero-order valence-corrected chi connectivity index (χ0v) is 10.6. The van der Waals surface area contributed by atoms with E-state index in [1.54, 1.807) is 0 Å². The van der Waals surface area contributed by atoms with Crippen LogP contribution in [0.1, 0.15) is 23.6 Å². The van der Waals surface area contributed by atoms with Crippen LogP contribution in [-0.2, 0) is 13.1 Å². The Morgan fingerprint density at radius 1 is 1.18 bits per heavy atom. The minimum Gasteiger partial charge on any atom is -0.350 e. The third kappa shape index (κ3) is 3.21. The van der Waals surface area contributed by atoms with E-state index in [0.717, 1.165) is 19.6 Å². The Labute approximate surface area is 103 Å². The largest absolute Gasteiger partial charge is 0.350 e. The molecule has 1 aromatic heterocycles. The molecule has 0 unspecified atom stereocenters. The Bertz CT molecular complexity index is 471. The van der Waals surface area contributed by atoms with Crippen molar-refractivity contribution in [1.82, 2.24) is 9.88 Å². The van der Waals surface area contributed by atoms with Crippen molar-refractivity contribution in [3.05, 3.63) is 59.4 Å². The first-order valence-corrected chi connectivity index (χ1v) is 6.19. The Balaban J connectivity index is 2.04. The molecular formula is C15H20N2. The van der Waals surface area contributed by atoms with Gasteiger partial charge in [-0.1, -0.05) is 31.2 Å². The first-order chi connectivity index (χ1) is 8.29. The molecule has 0 aliphatic carbocycles. The number of rotatable bonds is 5. The summed E-state index contributed by atoms with van der Waals surface area (Å²) >= 11 is 0. The number of hydrogen-bond acceptors (Lipinski definition) is 1. The van der Waals surface area contributed by atoms with Gasteiger partial charge in [0.05, 0.1) is 0 Å². The highest BCUT2D eigenvalue weighted by molar-refractivity contribution is 5.26. The lowest BCUT2D eigenvalue weighted by molar-refractivity contribution is 0.721. The minimum atomic E-state index is 0.956. The van der Waals surface area contributed by atoms with Gasteiger partial charge in [0.1, 0.15) is 0 Å². The van der Waals surface area contributed by atoms with Crippen LogP contribution in [0.3, 0.4) is 0 Å². The third-order valence-electron chi connectivity index (χ3n) is 3.01. The van der Waals surface area contributed by atoms with E-state index in [9.17, 15) is 0 Å². The normalized spacial score (nSPS) is 10.7. The second-order valence-electron chi connectivity index (χ2n) is 4.40. The van der Waals surface area contributed by atoms with Crippen LogP contribution in [-0.4, -0.2) is 11.1 Å². The smallest absolute Gasteiger partial charge is 0.0472 e. The van der Waals surface area contributed by atoms with Crippen LogP contribution in [0.2, 0.25) is 0 Å². The average molecular weight is 228 g/mol. The van der Waals surface area contributed by atoms with Gasteiger partial charge in [-0.05, 0) is 36.2 Å². The first-order valence-electron chi connectivity index (χ1n) is 6.19. The van der Waals surface area contributed by atoms with Crippen molar-refractivity contribution in [1.29, 1.82) is 0 Å². The molecule has 0 saturated heterocycles. The van der Waals surface area contributed by atoms with E-state index in [1.165, 1.54) is 16.7 Å². The Kier molecular flexibility index (Phi) is 3.99. The number of aryl methyl sites for hydroxylation is 1. The molecule has 0 aliphatic heterocycles. The maximum absolute atomic E-state index is 3.34. The molecule has 0 fully saturated rings. The summed E-state index contributed by atoms with van der Waals surface area (Å²) in [5.74, 6) is 0. The van der Waals surface area contributed by atoms with Gasteiger partial charge in [0.15, 0.2) is 0 Å². The van der Waals surface area contributed by atoms with Crippen molar-refractivity contribution < 1.29 is 0 Å². The van der Waals surface area contributed by atoms with Gasteiger partial charge in [0.25, 0.3) is 0 Å². The van der Waals surface area contributed by atoms with Crippen LogP contribution in [0.5, 0.6) is 0 Å². The molecule has 0 spiro atoms. The van der Waals surface area contributed by atoms with Gasteiger partial charge in [0.2, 0.25) is 0 Å². The highest BCUT2D eigenvalue weighted by atomic mass is 14.9. The highest BCUT2D eigenvalue weighted by Gasteiger charge is 2.00. The van der Waals surface area contributed by atoms with Crippen LogP contribution in [0.4, 0.5) is 0 Å². The summed E-state index contributed by atoms with van der Waals surface area (Å²) in [5, 5.41) is 3.34. The van der Waals surface area contributed by atoms with Gasteiger partial charge >= 0.3 is 0 Å². The Morgan fingerprint density at radius 3 is 2.76 bits per heavy atom. The van der Waals surface area contributed by atoms with Crippen LogP contribution in [0.25, 0.3) is 0 Å². The Morgan fingerprint density at radius 2 is 2.00 bits per heavy atom. The number of nitrogens with zero attached hydrogens (tertiary/aromatic N) is 1. The second-order valence-corrected chi connectivity index (χ2v) is 4.40. The lowest BCUT2D eigenvalue weighted by Crippen LogP contribution is -2.11. The van der Waals surface area contributed by atoms with Gasteiger partial charge < -0.3 is 9.88 Å². The molecule has 0 radical (unpaired) electrons. The molecule has 1 N–H and O–H groups in total. The van der Waals surface area contributed by atoms with Gasteiger partial charge in [-0.2, -0.15) is 0 Å². The fourth-order valence-corrected chi connectivity index (χ4v) is 1.95. The number of hydrogen-bond donors (Lipinski definition) is 1. The molecule has 2 heteroatoms. The van der Waals surface area contributed by atoms with E-state index in [-0.39, 0.29) is 0 Å². The fourth-order valence-electron chi connectivity index (χ4n) is 1.95. The van der Waals surface area contributed by atoms with Crippen molar-refractivity contribution >= 4 is 0 Å². The van der Waals surface area contributed by atoms with Crippen LogP contribution >= 0.6 is 0 Å². The van der Waals surface area contributed by atoms with E-state index < -0.39 is 0 Å². The van der Waals surface area contributed by atoms with Crippen LogP contribution in [0, 0.1) is 6.92 Å². The molecule has 2 nitrogen and oxygen atoms in total. The number of aromatic nitrogens is 1. The van der Waals surface area contributed by atoms with E-state index >= 15 is 0 Å². The lowest BCUT2D eigenvalue weighted by Gasteiger charge is -2.06. The van der Waals surface area contributed by atoms with Gasteiger partial charge in [-0.3, -0.25) is 0 Å². The van der Waals surface area contributed by atoms with Crippen molar-refractivity contribution in [2.75, 3.05) is 6.54 Å². The quantitative estimate of drug-likeness (QED) is 0.832. The monoisotopic (exact) mass is 228 g/mol. The van der Waals surface area contributed by atoms with E-state index in [0.29, 0.717) is 0 Å². The zero-order valence-electron chi connectivity index (χ0n) is 10.6. The molecule has 90 valence electrons. The van der Waals surface area contributed by atoms with E-state index in [1.807, 2.05) is 0 Å². The summed E-state index contributed by atoms with van der Waals surface area (Å²) in [6.45, 7) is 7.22. The van der Waals surface area contributed by atoms with Crippen molar-refractivity contribution in [2.45, 2.75) is 26.9 Å². The molecule has 2 rings (SSSR count). The molecule has 0 bridgehead atoms. The molecule has 1 heterocycles. The summed E-state index contributed by atoms with van der Waals surface area (Å²) < 4.78 is 2.25. The summed E-state index contributed by atoms with van der Waals surface area (Å²) in [4.78, 5) is 0. The van der Waals surface area contributed by atoms with E-state index in [2.05, 4.69) is 66.5 Å². The van der Waals surface area contributed by atoms with Gasteiger partial charge in [-0.15, -0.1) is 0 Å². The fraction of sp³-hybridized carbons (Fsp3) is 0.333. The van der Waals surface area contributed by atoms with Gasteiger partial charge in [0, 0.05) is 25.5 Å². The van der Waals surface area contributed by atoms with Crippen LogP contribution in [0.15, 0.2) is 42.7 Å². The topological polar surface area (TPSA) is 17.0 Å². The predicted molar refractivity (Wildman–Crippen MR) is 72.1 cm³/mol. The van der Waals surface area contributed by atoms with E-state index in [4.69, 9.17) is 0 Å². The molecule has 1 aromatic carbocycles. The SMILES string of the molecule is CCNCc1ccn(Cc2ccccc2C)c1. The summed E-state index contributed by atoms with van der Waals surface area (Å²) in [5.41, 5.74) is 4.09. The lowest BCUT2D eigenvalue weighted by atomic mass is 10.1. The number of nitrogens with one attached hydrogen (secondary N) is 1. The molecule has 0 aliphatic rings. The summed E-state index contributed by atoms with van der Waals surface area (Å²) in [6.07, 6.45) is 4.37. The van der Waals surface area contributed by atoms with Crippen molar-refractivity contribution in [3.63, 3.8) is 0 Å². The Hall–Kier alpha value is -1.54. The summed E-state index contributed by atoms with van der Waals surface area (Å²) in [7, 11) is 0. The second kappa shape index (κ2) is 5.69. The molecular weight excluding hydrogens is 208 g/mol. The minimum absolute atomic E-state index is 0.956. The van der Waals surface area contributed by atoms with Gasteiger partial charge in [-0.25, -0.2) is 0 Å². The van der Waals surface area contributed by atoms with Crippen molar-refractivity contribution in [3.8, 4) is 0 Å². The predicted octanol–water partition coefficient (Wildman–Crippen LogP) is 2.95. The third-order valence-corrected chi connectivity index (χ3v) is 3.01. The molecule has 0 saturated carbocycles. The molecule has 17 heavy (non-hydrogen) atoms. The maximum Gasteiger partial charge on any atom is 0.0472 e. The molecule has 0 amide bonds. The first kappa shape index (κ1) is 11.9. The average Bonchev–Trinajstić information content (AvgIpc) is 2.77. The maximum atomic E-state index is 3.34.